The molecule has 0 aliphatic rings. The molecular formula is C12H27N. The van der Waals surface area contributed by atoms with Crippen molar-refractivity contribution in [3.63, 3.8) is 0 Å². The predicted octanol–water partition coefficient (Wildman–Crippen LogP) is 3.54. The van der Waals surface area contributed by atoms with Gasteiger partial charge in [-0.25, -0.2) is 0 Å². The number of hydrogen-bond donors (Lipinski definition) is 0. The van der Waals surface area contributed by atoms with E-state index in [0.29, 0.717) is 0 Å². The summed E-state index contributed by atoms with van der Waals surface area (Å²) in [5, 5.41) is 0. The van der Waals surface area contributed by atoms with Crippen LogP contribution in [-0.2, 0) is 0 Å². The van der Waals surface area contributed by atoms with Gasteiger partial charge in [-0.15, -0.1) is 0 Å². The van der Waals surface area contributed by atoms with Crippen molar-refractivity contribution in [3.8, 4) is 0 Å². The van der Waals surface area contributed by atoms with Gasteiger partial charge in [0.2, 0.25) is 0 Å². The van der Waals surface area contributed by atoms with Crippen LogP contribution in [0.4, 0.5) is 0 Å². The summed E-state index contributed by atoms with van der Waals surface area (Å²) in [7, 11) is 4.30. The Bertz CT molecular complexity index is 99.3. The van der Waals surface area contributed by atoms with E-state index in [4.69, 9.17) is 0 Å². The Morgan fingerprint density at radius 2 is 1.62 bits per heavy atom. The fourth-order valence-electron chi connectivity index (χ4n) is 1.48. The van der Waals surface area contributed by atoms with E-state index in [2.05, 4.69) is 32.8 Å². The molecule has 0 radical (unpaired) electrons. The topological polar surface area (TPSA) is 3.24 Å². The van der Waals surface area contributed by atoms with Gasteiger partial charge in [-0.2, -0.15) is 0 Å². The van der Waals surface area contributed by atoms with Crippen molar-refractivity contribution in [2.45, 2.75) is 52.4 Å². The highest BCUT2D eigenvalue weighted by Gasteiger charge is 1.98. The average Bonchev–Trinajstić information content (AvgIpc) is 2.10. The highest BCUT2D eigenvalue weighted by molar-refractivity contribution is 4.52. The third-order valence-electron chi connectivity index (χ3n) is 2.75. The molecule has 0 N–H and O–H groups in total. The van der Waals surface area contributed by atoms with Gasteiger partial charge in [0.15, 0.2) is 0 Å². The van der Waals surface area contributed by atoms with E-state index >= 15 is 0 Å². The molecule has 0 bridgehead atoms. The lowest BCUT2D eigenvalue weighted by Gasteiger charge is -2.10. The molecule has 0 aliphatic carbocycles. The van der Waals surface area contributed by atoms with Gasteiger partial charge < -0.3 is 4.90 Å². The minimum absolute atomic E-state index is 0.939. The number of hydrogen-bond acceptors (Lipinski definition) is 1. The molecular weight excluding hydrogens is 158 g/mol. The van der Waals surface area contributed by atoms with E-state index in [1.54, 1.807) is 0 Å². The van der Waals surface area contributed by atoms with Crippen LogP contribution in [0.1, 0.15) is 52.4 Å². The van der Waals surface area contributed by atoms with E-state index in [1.165, 1.54) is 45.1 Å². The molecule has 1 atom stereocenters. The van der Waals surface area contributed by atoms with Gasteiger partial charge in [0.25, 0.3) is 0 Å². The van der Waals surface area contributed by atoms with Crippen LogP contribution in [0.2, 0.25) is 0 Å². The van der Waals surface area contributed by atoms with Crippen LogP contribution < -0.4 is 0 Å². The molecule has 0 heterocycles. The van der Waals surface area contributed by atoms with Crippen LogP contribution in [0.25, 0.3) is 0 Å². The zero-order valence-corrected chi connectivity index (χ0v) is 9.97. The molecule has 13 heavy (non-hydrogen) atoms. The van der Waals surface area contributed by atoms with E-state index < -0.39 is 0 Å². The molecule has 0 aromatic heterocycles. The largest absolute Gasteiger partial charge is 0.309 e. The summed E-state index contributed by atoms with van der Waals surface area (Å²) in [5.41, 5.74) is 0. The van der Waals surface area contributed by atoms with Crippen molar-refractivity contribution in [2.24, 2.45) is 5.92 Å². The van der Waals surface area contributed by atoms with Gasteiger partial charge in [0.05, 0.1) is 0 Å². The lowest BCUT2D eigenvalue weighted by Crippen LogP contribution is -2.12. The molecule has 80 valence electrons. The Kier molecular flexibility index (Phi) is 8.53. The van der Waals surface area contributed by atoms with Crippen LogP contribution in [-0.4, -0.2) is 25.5 Å². The summed E-state index contributed by atoms with van der Waals surface area (Å²) < 4.78 is 0. The van der Waals surface area contributed by atoms with Crippen molar-refractivity contribution in [2.75, 3.05) is 20.6 Å². The first-order valence-corrected chi connectivity index (χ1v) is 5.81. The Morgan fingerprint density at radius 3 is 2.15 bits per heavy atom. The van der Waals surface area contributed by atoms with Gasteiger partial charge in [-0.05, 0) is 33.0 Å². The Morgan fingerprint density at radius 1 is 1.00 bits per heavy atom. The van der Waals surface area contributed by atoms with Crippen LogP contribution in [0.3, 0.4) is 0 Å². The molecule has 0 saturated carbocycles. The molecule has 1 heteroatoms. The summed E-state index contributed by atoms with van der Waals surface area (Å²) in [6.07, 6.45) is 8.42. The summed E-state index contributed by atoms with van der Waals surface area (Å²) in [6.45, 7) is 5.90. The second kappa shape index (κ2) is 8.55. The molecule has 0 rings (SSSR count). The van der Waals surface area contributed by atoms with Gasteiger partial charge in [-0.3, -0.25) is 0 Å². The summed E-state index contributed by atoms with van der Waals surface area (Å²) >= 11 is 0. The van der Waals surface area contributed by atoms with Gasteiger partial charge in [0.1, 0.15) is 0 Å². The molecule has 1 nitrogen and oxygen atoms in total. The Labute approximate surface area is 84.5 Å². The smallest absolute Gasteiger partial charge is 0.00248 e. The van der Waals surface area contributed by atoms with Crippen molar-refractivity contribution >= 4 is 0 Å². The second-order valence-electron chi connectivity index (χ2n) is 4.52. The maximum Gasteiger partial charge on any atom is -0.00248 e. The quantitative estimate of drug-likeness (QED) is 0.523. The standard InChI is InChI=1S/C12H27N/c1-5-12(2)10-8-6-7-9-11-13(3)4/h12H,5-11H2,1-4H3. The third-order valence-corrected chi connectivity index (χ3v) is 2.75. The summed E-state index contributed by atoms with van der Waals surface area (Å²) in [4.78, 5) is 2.27. The van der Waals surface area contributed by atoms with Crippen molar-refractivity contribution in [1.82, 2.24) is 4.90 Å². The molecule has 0 amide bonds. The first kappa shape index (κ1) is 13.0. The second-order valence-corrected chi connectivity index (χ2v) is 4.52. The third kappa shape index (κ3) is 9.88. The fourth-order valence-corrected chi connectivity index (χ4v) is 1.48. The van der Waals surface area contributed by atoms with Crippen LogP contribution in [0.15, 0.2) is 0 Å². The van der Waals surface area contributed by atoms with Crippen molar-refractivity contribution < 1.29 is 0 Å². The van der Waals surface area contributed by atoms with E-state index in [9.17, 15) is 0 Å². The predicted molar refractivity (Wildman–Crippen MR) is 61.1 cm³/mol. The first-order chi connectivity index (χ1) is 6.16. The first-order valence-electron chi connectivity index (χ1n) is 5.81. The molecule has 0 aromatic carbocycles. The molecule has 0 spiro atoms. The normalized spacial score (nSPS) is 13.6. The number of rotatable bonds is 8. The minimum atomic E-state index is 0.939. The fraction of sp³-hybridized carbons (Fsp3) is 1.00. The van der Waals surface area contributed by atoms with Crippen molar-refractivity contribution in [3.05, 3.63) is 0 Å². The van der Waals surface area contributed by atoms with Crippen LogP contribution in [0, 0.1) is 5.92 Å². The highest BCUT2D eigenvalue weighted by atomic mass is 15.0. The van der Waals surface area contributed by atoms with Gasteiger partial charge in [0, 0.05) is 0 Å². The summed E-state index contributed by atoms with van der Waals surface area (Å²) in [5.74, 6) is 0.939. The van der Waals surface area contributed by atoms with Crippen LogP contribution >= 0.6 is 0 Å². The maximum atomic E-state index is 2.36. The molecule has 0 saturated heterocycles. The molecule has 1 unspecified atom stereocenters. The SMILES string of the molecule is CCC(C)CCCCCCN(C)C. The maximum absolute atomic E-state index is 2.36. The number of nitrogens with zero attached hydrogens (tertiary/aromatic N) is 1. The zero-order chi connectivity index (χ0) is 10.1. The van der Waals surface area contributed by atoms with E-state index in [-0.39, 0.29) is 0 Å². The molecule has 0 aliphatic heterocycles. The average molecular weight is 185 g/mol. The van der Waals surface area contributed by atoms with E-state index in [0.717, 1.165) is 5.92 Å². The van der Waals surface area contributed by atoms with Crippen molar-refractivity contribution in [1.29, 1.82) is 0 Å². The number of unbranched alkanes of at least 4 members (excludes halogenated alkanes) is 3. The lowest BCUT2D eigenvalue weighted by atomic mass is 10.0. The van der Waals surface area contributed by atoms with Gasteiger partial charge in [-0.1, -0.05) is 46.0 Å². The van der Waals surface area contributed by atoms with E-state index in [1.807, 2.05) is 0 Å². The Hall–Kier alpha value is -0.0400. The van der Waals surface area contributed by atoms with Crippen LogP contribution in [0.5, 0.6) is 0 Å². The molecule has 0 aromatic rings. The monoisotopic (exact) mass is 185 g/mol. The molecule has 0 fully saturated rings. The minimum Gasteiger partial charge on any atom is -0.309 e. The lowest BCUT2D eigenvalue weighted by molar-refractivity contribution is 0.386. The highest BCUT2D eigenvalue weighted by Crippen LogP contribution is 2.12. The van der Waals surface area contributed by atoms with Gasteiger partial charge >= 0.3 is 0 Å². The Balaban J connectivity index is 2.99. The summed E-state index contributed by atoms with van der Waals surface area (Å²) in [6, 6.07) is 0. The zero-order valence-electron chi connectivity index (χ0n) is 9.97.